The van der Waals surface area contributed by atoms with E-state index in [4.69, 9.17) is 9.47 Å². The Balaban J connectivity index is 1.58. The summed E-state index contributed by atoms with van der Waals surface area (Å²) >= 11 is 0. The van der Waals surface area contributed by atoms with E-state index in [-0.39, 0.29) is 11.4 Å². The molecule has 1 heterocycles. The maximum absolute atomic E-state index is 12.7. The van der Waals surface area contributed by atoms with Gasteiger partial charge in [-0.15, -0.1) is 0 Å². The van der Waals surface area contributed by atoms with Gasteiger partial charge in [0.2, 0.25) is 0 Å². The maximum atomic E-state index is 12.7. The number of nitrogens with one attached hydrogen (secondary N) is 2. The van der Waals surface area contributed by atoms with Gasteiger partial charge in [0.05, 0.1) is 26.4 Å². The molecular formula is C22H35N2O3+. The normalized spacial score (nSPS) is 20.4. The lowest BCUT2D eigenvalue weighted by atomic mass is 9.79. The molecule has 0 aromatic heterocycles. The van der Waals surface area contributed by atoms with Crippen molar-refractivity contribution >= 4 is 5.91 Å². The van der Waals surface area contributed by atoms with Gasteiger partial charge in [0, 0.05) is 18.4 Å². The van der Waals surface area contributed by atoms with Crippen molar-refractivity contribution in [3.63, 3.8) is 0 Å². The summed E-state index contributed by atoms with van der Waals surface area (Å²) in [5.41, 5.74) is 0.882. The first-order valence-corrected chi connectivity index (χ1v) is 10.5. The number of rotatable bonds is 7. The second-order valence-corrected chi connectivity index (χ2v) is 8.47. The number of carbonyl (C=O) groups is 1. The van der Waals surface area contributed by atoms with Crippen molar-refractivity contribution in [1.29, 1.82) is 0 Å². The third-order valence-electron chi connectivity index (χ3n) is 5.94. The zero-order valence-corrected chi connectivity index (χ0v) is 16.9. The number of morpholine rings is 1. The Labute approximate surface area is 163 Å². The average molecular weight is 376 g/mol. The molecule has 27 heavy (non-hydrogen) atoms. The van der Waals surface area contributed by atoms with E-state index in [1.807, 2.05) is 24.3 Å². The van der Waals surface area contributed by atoms with Gasteiger partial charge in [-0.25, -0.2) is 0 Å². The van der Waals surface area contributed by atoms with Crippen molar-refractivity contribution in [3.8, 4) is 5.75 Å². The quantitative estimate of drug-likeness (QED) is 0.767. The van der Waals surface area contributed by atoms with Crippen LogP contribution in [0, 0.1) is 5.92 Å². The van der Waals surface area contributed by atoms with Gasteiger partial charge >= 0.3 is 0 Å². The molecule has 1 saturated carbocycles. The molecule has 1 aromatic carbocycles. The minimum absolute atomic E-state index is 0.0167. The molecule has 1 aliphatic carbocycles. The fourth-order valence-corrected chi connectivity index (χ4v) is 4.35. The second kappa shape index (κ2) is 9.56. The lowest BCUT2D eigenvalue weighted by Gasteiger charge is -2.45. The summed E-state index contributed by atoms with van der Waals surface area (Å²) in [4.78, 5) is 14.3. The highest BCUT2D eigenvalue weighted by molar-refractivity contribution is 5.94. The number of benzene rings is 1. The van der Waals surface area contributed by atoms with E-state index in [2.05, 4.69) is 19.2 Å². The topological polar surface area (TPSA) is 52.0 Å². The number of ether oxygens (including phenoxy) is 2. The molecule has 3 rings (SSSR count). The van der Waals surface area contributed by atoms with Gasteiger partial charge in [-0.2, -0.15) is 0 Å². The van der Waals surface area contributed by atoms with E-state index in [1.54, 1.807) is 4.90 Å². The largest absolute Gasteiger partial charge is 0.493 e. The third kappa shape index (κ3) is 5.45. The highest BCUT2D eigenvalue weighted by Gasteiger charge is 2.42. The average Bonchev–Trinajstić information content (AvgIpc) is 2.72. The van der Waals surface area contributed by atoms with Gasteiger partial charge in [0.25, 0.3) is 5.91 Å². The number of hydrogen-bond donors (Lipinski definition) is 2. The molecule has 1 aromatic rings. The summed E-state index contributed by atoms with van der Waals surface area (Å²) in [5, 5.41) is 3.24. The predicted octanol–water partition coefficient (Wildman–Crippen LogP) is 2.07. The minimum Gasteiger partial charge on any atom is -0.493 e. The van der Waals surface area contributed by atoms with E-state index in [9.17, 15) is 4.79 Å². The molecule has 1 saturated heterocycles. The van der Waals surface area contributed by atoms with Gasteiger partial charge < -0.3 is 19.7 Å². The highest BCUT2D eigenvalue weighted by atomic mass is 16.5. The first kappa shape index (κ1) is 20.2. The molecule has 2 N–H and O–H groups in total. The van der Waals surface area contributed by atoms with Crippen molar-refractivity contribution in [2.24, 2.45) is 5.92 Å². The van der Waals surface area contributed by atoms with Gasteiger partial charge in [-0.3, -0.25) is 4.79 Å². The lowest BCUT2D eigenvalue weighted by Crippen LogP contribution is -3.23. The molecule has 0 bridgehead atoms. The van der Waals surface area contributed by atoms with Crippen LogP contribution in [0.5, 0.6) is 5.75 Å². The van der Waals surface area contributed by atoms with Gasteiger partial charge in [-0.1, -0.05) is 20.3 Å². The lowest BCUT2D eigenvalue weighted by molar-refractivity contribution is -0.960. The second-order valence-electron chi connectivity index (χ2n) is 8.47. The summed E-state index contributed by atoms with van der Waals surface area (Å²) in [7, 11) is 0. The molecule has 1 aliphatic heterocycles. The summed E-state index contributed by atoms with van der Waals surface area (Å²) in [5.74, 6) is 1.33. The Bertz CT molecular complexity index is 588. The minimum atomic E-state index is 0.0167. The van der Waals surface area contributed by atoms with Crippen LogP contribution in [-0.2, 0) is 4.74 Å². The van der Waals surface area contributed by atoms with E-state index >= 15 is 0 Å². The van der Waals surface area contributed by atoms with E-state index in [0.717, 1.165) is 38.6 Å². The molecule has 0 unspecified atom stereocenters. The smallest absolute Gasteiger partial charge is 0.251 e. The maximum Gasteiger partial charge on any atom is 0.251 e. The molecular weight excluding hydrogens is 340 g/mol. The van der Waals surface area contributed by atoms with E-state index < -0.39 is 0 Å². The monoisotopic (exact) mass is 375 g/mol. The van der Waals surface area contributed by atoms with Gasteiger partial charge in [0.15, 0.2) is 0 Å². The Morgan fingerprint density at radius 1 is 1.15 bits per heavy atom. The van der Waals surface area contributed by atoms with Crippen LogP contribution in [0.1, 0.15) is 56.3 Å². The van der Waals surface area contributed by atoms with Gasteiger partial charge in [-0.05, 0) is 43.0 Å². The summed E-state index contributed by atoms with van der Waals surface area (Å²) in [6.07, 6.45) is 6.25. The standard InChI is InChI=1S/C22H34N2O3/c1-18(2)16-27-20-8-6-19(7-9-20)21(25)23-17-22(10-4-3-5-11-22)24-12-14-26-15-13-24/h6-9,18H,3-5,10-17H2,1-2H3,(H,23,25)/p+1. The van der Waals surface area contributed by atoms with E-state index in [0.29, 0.717) is 18.1 Å². The molecule has 1 amide bonds. The molecule has 5 nitrogen and oxygen atoms in total. The van der Waals surface area contributed by atoms with Gasteiger partial charge in [0.1, 0.15) is 24.4 Å². The Morgan fingerprint density at radius 2 is 1.81 bits per heavy atom. The molecule has 5 heteroatoms. The third-order valence-corrected chi connectivity index (χ3v) is 5.94. The number of carbonyl (C=O) groups excluding carboxylic acids is 1. The Hall–Kier alpha value is -1.59. The summed E-state index contributed by atoms with van der Waals surface area (Å²) < 4.78 is 11.3. The van der Waals surface area contributed by atoms with Crippen LogP contribution in [-0.4, -0.2) is 50.9 Å². The van der Waals surface area contributed by atoms with Crippen LogP contribution >= 0.6 is 0 Å². The van der Waals surface area contributed by atoms with Crippen LogP contribution < -0.4 is 15.0 Å². The number of hydrogen-bond acceptors (Lipinski definition) is 3. The molecule has 150 valence electrons. The van der Waals surface area contributed by atoms with Crippen LogP contribution in [0.15, 0.2) is 24.3 Å². The fraction of sp³-hybridized carbons (Fsp3) is 0.682. The molecule has 0 radical (unpaired) electrons. The first-order chi connectivity index (χ1) is 13.1. The van der Waals surface area contributed by atoms with Crippen molar-refractivity contribution in [2.75, 3.05) is 39.5 Å². The first-order valence-electron chi connectivity index (χ1n) is 10.5. The SMILES string of the molecule is CC(C)COc1ccc(C(=O)NCC2([NH+]3CCOCC3)CCCCC2)cc1. The molecule has 0 spiro atoms. The van der Waals surface area contributed by atoms with Crippen LogP contribution in [0.2, 0.25) is 0 Å². The Morgan fingerprint density at radius 3 is 2.44 bits per heavy atom. The molecule has 0 atom stereocenters. The van der Waals surface area contributed by atoms with Crippen LogP contribution in [0.3, 0.4) is 0 Å². The van der Waals surface area contributed by atoms with Crippen LogP contribution in [0.4, 0.5) is 0 Å². The van der Waals surface area contributed by atoms with E-state index in [1.165, 1.54) is 32.1 Å². The van der Waals surface area contributed by atoms with Crippen molar-refractivity contribution in [3.05, 3.63) is 29.8 Å². The summed E-state index contributed by atoms with van der Waals surface area (Å²) in [6, 6.07) is 7.50. The highest BCUT2D eigenvalue weighted by Crippen LogP contribution is 2.25. The predicted molar refractivity (Wildman–Crippen MR) is 106 cm³/mol. The Kier molecular flexibility index (Phi) is 7.13. The van der Waals surface area contributed by atoms with Crippen molar-refractivity contribution in [2.45, 2.75) is 51.5 Å². The fourth-order valence-electron chi connectivity index (χ4n) is 4.35. The zero-order valence-electron chi connectivity index (χ0n) is 16.9. The molecule has 2 fully saturated rings. The summed E-state index contributed by atoms with van der Waals surface area (Å²) in [6.45, 7) is 9.48. The zero-order chi connectivity index (χ0) is 19.1. The van der Waals surface area contributed by atoms with Crippen molar-refractivity contribution < 1.29 is 19.2 Å². The number of quaternary nitrogens is 1. The van der Waals surface area contributed by atoms with Crippen molar-refractivity contribution in [1.82, 2.24) is 5.32 Å². The molecule has 2 aliphatic rings. The number of amides is 1. The van der Waals surface area contributed by atoms with Crippen LogP contribution in [0.25, 0.3) is 0 Å².